The maximum atomic E-state index is 13.6. The second-order valence-electron chi connectivity index (χ2n) is 6.09. The highest BCUT2D eigenvalue weighted by Crippen LogP contribution is 2.35. The number of hydrogen-bond donors (Lipinski definition) is 0. The molecule has 0 spiro atoms. The Kier molecular flexibility index (Phi) is 5.18. The monoisotopic (exact) mass is 365 g/mol. The van der Waals surface area contributed by atoms with Crippen molar-refractivity contribution in [3.8, 4) is 0 Å². The number of benzene rings is 1. The summed E-state index contributed by atoms with van der Waals surface area (Å²) in [7, 11) is 0. The van der Waals surface area contributed by atoms with Gasteiger partial charge in [0.25, 0.3) is 0 Å². The van der Waals surface area contributed by atoms with Gasteiger partial charge in [-0.1, -0.05) is 29.8 Å². The highest BCUT2D eigenvalue weighted by Gasteiger charge is 2.46. The van der Waals surface area contributed by atoms with Crippen molar-refractivity contribution in [1.82, 2.24) is 4.90 Å². The molecule has 1 aromatic rings. The second-order valence-corrected chi connectivity index (χ2v) is 6.50. The predicted molar refractivity (Wildman–Crippen MR) is 87.9 cm³/mol. The normalized spacial score (nSPS) is 22.2. The molecule has 1 aromatic carbocycles. The molecular weight excluding hydrogens is 349 g/mol. The first-order valence-corrected chi connectivity index (χ1v) is 8.45. The SMILES string of the molecule is O=C(CCN1C(=O)[C@H]2CC=CC[C@H]2C1=O)OCc1c(F)cccc1Cl. The van der Waals surface area contributed by atoms with Gasteiger partial charge < -0.3 is 4.74 Å². The molecule has 1 heterocycles. The first kappa shape index (κ1) is 17.6. The summed E-state index contributed by atoms with van der Waals surface area (Å²) < 4.78 is 18.6. The lowest BCUT2D eigenvalue weighted by Crippen LogP contribution is -2.33. The van der Waals surface area contributed by atoms with Crippen molar-refractivity contribution in [2.24, 2.45) is 11.8 Å². The van der Waals surface area contributed by atoms with Crippen LogP contribution in [-0.2, 0) is 25.7 Å². The molecule has 0 aromatic heterocycles. The highest BCUT2D eigenvalue weighted by atomic mass is 35.5. The Morgan fingerprint density at radius 2 is 1.84 bits per heavy atom. The average molecular weight is 366 g/mol. The summed E-state index contributed by atoms with van der Waals surface area (Å²) in [5.41, 5.74) is 0.0999. The summed E-state index contributed by atoms with van der Waals surface area (Å²) in [6.45, 7) is -0.310. The number of allylic oxidation sites excluding steroid dienone is 2. The fourth-order valence-electron chi connectivity index (χ4n) is 3.19. The lowest BCUT2D eigenvalue weighted by molar-refractivity contribution is -0.146. The molecule has 0 bridgehead atoms. The van der Waals surface area contributed by atoms with E-state index in [1.165, 1.54) is 18.2 Å². The van der Waals surface area contributed by atoms with Gasteiger partial charge in [-0.3, -0.25) is 19.3 Å². The Hall–Kier alpha value is -2.21. The summed E-state index contributed by atoms with van der Waals surface area (Å²) in [5, 5.41) is 0.175. The zero-order valence-electron chi connectivity index (χ0n) is 13.4. The molecule has 0 radical (unpaired) electrons. The number of halogens is 2. The molecule has 2 amide bonds. The number of carbonyl (C=O) groups excluding carboxylic acids is 3. The van der Waals surface area contributed by atoms with Crippen molar-refractivity contribution in [2.75, 3.05) is 6.54 Å². The van der Waals surface area contributed by atoms with Crippen LogP contribution in [-0.4, -0.2) is 29.2 Å². The molecule has 5 nitrogen and oxygen atoms in total. The molecule has 0 unspecified atom stereocenters. The lowest BCUT2D eigenvalue weighted by Gasteiger charge is -2.14. The van der Waals surface area contributed by atoms with Gasteiger partial charge in [0.05, 0.1) is 23.3 Å². The summed E-state index contributed by atoms with van der Waals surface area (Å²) in [5.74, 6) is -2.26. The molecule has 0 N–H and O–H groups in total. The number of amides is 2. The van der Waals surface area contributed by atoms with Crippen LogP contribution >= 0.6 is 11.6 Å². The molecule has 1 fully saturated rings. The Morgan fingerprint density at radius 3 is 2.44 bits per heavy atom. The summed E-state index contributed by atoms with van der Waals surface area (Å²) >= 11 is 5.87. The third-order valence-corrected chi connectivity index (χ3v) is 4.93. The molecule has 25 heavy (non-hydrogen) atoms. The topological polar surface area (TPSA) is 63.7 Å². The van der Waals surface area contributed by atoms with Gasteiger partial charge in [-0.25, -0.2) is 4.39 Å². The third kappa shape index (κ3) is 3.58. The fourth-order valence-corrected chi connectivity index (χ4v) is 3.41. The van der Waals surface area contributed by atoms with E-state index < -0.39 is 11.8 Å². The Bertz CT molecular complexity index is 702. The van der Waals surface area contributed by atoms with Gasteiger partial charge >= 0.3 is 5.97 Å². The number of fused-ring (bicyclic) bond motifs is 1. The molecular formula is C18H17ClFNO4. The molecule has 1 saturated heterocycles. The van der Waals surface area contributed by atoms with Crippen molar-refractivity contribution in [2.45, 2.75) is 25.9 Å². The van der Waals surface area contributed by atoms with Crippen molar-refractivity contribution >= 4 is 29.4 Å². The Morgan fingerprint density at radius 1 is 1.20 bits per heavy atom. The number of hydrogen-bond acceptors (Lipinski definition) is 4. The minimum atomic E-state index is -0.618. The van der Waals surface area contributed by atoms with E-state index in [0.717, 1.165) is 4.90 Å². The van der Waals surface area contributed by atoms with E-state index in [-0.39, 0.29) is 53.8 Å². The number of likely N-dealkylation sites (tertiary alicyclic amines) is 1. The second kappa shape index (κ2) is 7.35. The van der Waals surface area contributed by atoms with Gasteiger partial charge in [-0.2, -0.15) is 0 Å². The van der Waals surface area contributed by atoms with Crippen LogP contribution in [0.3, 0.4) is 0 Å². The van der Waals surface area contributed by atoms with Gasteiger partial charge in [0, 0.05) is 12.1 Å². The fraction of sp³-hybridized carbons (Fsp3) is 0.389. The molecule has 2 aliphatic rings. The molecule has 3 rings (SSSR count). The van der Waals surface area contributed by atoms with E-state index in [1.54, 1.807) is 0 Å². The zero-order chi connectivity index (χ0) is 18.0. The summed E-state index contributed by atoms with van der Waals surface area (Å²) in [6, 6.07) is 4.19. The number of carbonyl (C=O) groups is 3. The van der Waals surface area contributed by atoms with Crippen molar-refractivity contribution in [3.63, 3.8) is 0 Å². The Labute approximate surface area is 149 Å². The number of esters is 1. The van der Waals surface area contributed by atoms with Crippen LogP contribution in [0.15, 0.2) is 30.4 Å². The van der Waals surface area contributed by atoms with E-state index in [0.29, 0.717) is 12.8 Å². The van der Waals surface area contributed by atoms with Crippen molar-refractivity contribution in [3.05, 3.63) is 46.8 Å². The van der Waals surface area contributed by atoms with Crippen molar-refractivity contribution < 1.29 is 23.5 Å². The minimum absolute atomic E-state index is 0.0193. The van der Waals surface area contributed by atoms with Crippen LogP contribution in [0.2, 0.25) is 5.02 Å². The van der Waals surface area contributed by atoms with Crippen LogP contribution in [0.4, 0.5) is 4.39 Å². The van der Waals surface area contributed by atoms with Gasteiger partial charge in [0.1, 0.15) is 12.4 Å². The van der Waals surface area contributed by atoms with E-state index in [2.05, 4.69) is 0 Å². The van der Waals surface area contributed by atoms with Crippen LogP contribution in [0, 0.1) is 17.7 Å². The molecule has 0 saturated carbocycles. The zero-order valence-corrected chi connectivity index (χ0v) is 14.2. The quantitative estimate of drug-likeness (QED) is 0.457. The lowest BCUT2D eigenvalue weighted by atomic mass is 9.85. The highest BCUT2D eigenvalue weighted by molar-refractivity contribution is 6.31. The minimum Gasteiger partial charge on any atom is -0.461 e. The number of ether oxygens (including phenoxy) is 1. The van der Waals surface area contributed by atoms with E-state index in [1.807, 2.05) is 12.2 Å². The molecule has 2 atom stereocenters. The van der Waals surface area contributed by atoms with Gasteiger partial charge in [0.15, 0.2) is 0 Å². The summed E-state index contributed by atoms with van der Waals surface area (Å²) in [4.78, 5) is 37.6. The maximum Gasteiger partial charge on any atom is 0.307 e. The van der Waals surface area contributed by atoms with E-state index in [9.17, 15) is 18.8 Å². The molecule has 132 valence electrons. The predicted octanol–water partition coefficient (Wildman–Crippen LogP) is 2.86. The number of nitrogens with zero attached hydrogens (tertiary/aromatic N) is 1. The van der Waals surface area contributed by atoms with Crippen LogP contribution in [0.1, 0.15) is 24.8 Å². The molecule has 1 aliphatic carbocycles. The first-order valence-electron chi connectivity index (χ1n) is 8.07. The van der Waals surface area contributed by atoms with Crippen LogP contribution < -0.4 is 0 Å². The van der Waals surface area contributed by atoms with Crippen molar-refractivity contribution in [1.29, 1.82) is 0 Å². The Balaban J connectivity index is 1.53. The van der Waals surface area contributed by atoms with Gasteiger partial charge in [-0.15, -0.1) is 0 Å². The largest absolute Gasteiger partial charge is 0.461 e. The van der Waals surface area contributed by atoms with Gasteiger partial charge in [-0.05, 0) is 25.0 Å². The van der Waals surface area contributed by atoms with Crippen LogP contribution in [0.25, 0.3) is 0 Å². The van der Waals surface area contributed by atoms with E-state index >= 15 is 0 Å². The smallest absolute Gasteiger partial charge is 0.307 e. The van der Waals surface area contributed by atoms with E-state index in [4.69, 9.17) is 16.3 Å². The first-order chi connectivity index (χ1) is 12.0. The molecule has 1 aliphatic heterocycles. The standard InChI is InChI=1S/C18H17ClFNO4/c19-14-6-3-7-15(20)13(14)10-25-16(22)8-9-21-17(23)11-4-1-2-5-12(11)18(21)24/h1-3,6-7,11-12H,4-5,8-10H2/t11-,12+. The maximum absolute atomic E-state index is 13.6. The van der Waals surface area contributed by atoms with Crippen LogP contribution in [0.5, 0.6) is 0 Å². The third-order valence-electron chi connectivity index (χ3n) is 4.58. The van der Waals surface area contributed by atoms with Gasteiger partial charge in [0.2, 0.25) is 11.8 Å². The molecule has 7 heteroatoms. The number of rotatable bonds is 5. The average Bonchev–Trinajstić information content (AvgIpc) is 2.84. The summed E-state index contributed by atoms with van der Waals surface area (Å²) in [6.07, 6.45) is 4.80. The number of imide groups is 1.